The van der Waals surface area contributed by atoms with Crippen molar-refractivity contribution in [2.45, 2.75) is 0 Å². The molecule has 0 N–H and O–H groups in total. The van der Waals surface area contributed by atoms with Gasteiger partial charge in [-0.05, 0) is 102 Å². The lowest BCUT2D eigenvalue weighted by atomic mass is 9.86. The zero-order valence-electron chi connectivity index (χ0n) is 30.5. The van der Waals surface area contributed by atoms with Crippen molar-refractivity contribution in [1.29, 1.82) is 0 Å². The van der Waals surface area contributed by atoms with Crippen molar-refractivity contribution < 1.29 is 0 Å². The van der Waals surface area contributed by atoms with E-state index >= 15 is 9.59 Å². The number of pyridine rings is 2. The average molecular weight is 737 g/mol. The van der Waals surface area contributed by atoms with Crippen LogP contribution in [-0.4, -0.2) is 18.8 Å². The monoisotopic (exact) mass is 736 g/mol. The highest BCUT2D eigenvalue weighted by Gasteiger charge is 2.25. The van der Waals surface area contributed by atoms with Crippen LogP contribution in [0.5, 0.6) is 0 Å². The largest absolute Gasteiger partial charge is 0.268 e. The van der Waals surface area contributed by atoms with Crippen LogP contribution in [0, 0.1) is 0 Å². The fourth-order valence-electron chi connectivity index (χ4n) is 11.0. The Balaban J connectivity index is 1.14. The maximum Gasteiger partial charge on any atom is 0.264 e. The molecule has 264 valence electrons. The van der Waals surface area contributed by atoms with Crippen molar-refractivity contribution in [3.05, 3.63) is 166 Å². The molecule has 6 nitrogen and oxygen atoms in total. The molecule has 6 heteroatoms. The van der Waals surface area contributed by atoms with E-state index in [1.807, 2.05) is 69.5 Å². The summed E-state index contributed by atoms with van der Waals surface area (Å²) in [5.74, 6) is 0. The van der Waals surface area contributed by atoms with Crippen LogP contribution in [0.25, 0.3) is 141 Å². The van der Waals surface area contributed by atoms with Crippen molar-refractivity contribution in [3.63, 3.8) is 0 Å². The van der Waals surface area contributed by atoms with Crippen LogP contribution in [0.3, 0.4) is 0 Å². The van der Waals surface area contributed by atoms with Crippen LogP contribution in [0.2, 0.25) is 0 Å². The van der Waals surface area contributed by atoms with Crippen molar-refractivity contribution in [1.82, 2.24) is 18.8 Å². The van der Waals surface area contributed by atoms with Crippen LogP contribution >= 0.6 is 0 Å². The number of hydrogen-bond donors (Lipinski definition) is 0. The van der Waals surface area contributed by atoms with E-state index in [0.717, 1.165) is 119 Å². The molecule has 0 atom stereocenters. The number of rotatable bonds is 0. The normalized spacial score (nSPS) is 13.0. The molecule has 0 unspecified atom stereocenters. The average Bonchev–Trinajstić information content (AvgIpc) is 3.26. The maximum atomic E-state index is 15.0. The predicted molar refractivity (Wildman–Crippen MR) is 240 cm³/mol. The summed E-state index contributed by atoms with van der Waals surface area (Å²) in [5.41, 5.74) is 4.64. The minimum Gasteiger partial charge on any atom is -0.268 e. The van der Waals surface area contributed by atoms with E-state index in [2.05, 4.69) is 84.9 Å². The van der Waals surface area contributed by atoms with Crippen LogP contribution in [0.4, 0.5) is 0 Å². The quantitative estimate of drug-likeness (QED) is 0.115. The lowest BCUT2D eigenvalue weighted by molar-refractivity contribution is 1.15. The van der Waals surface area contributed by atoms with Crippen molar-refractivity contribution >= 4 is 141 Å². The second-order valence-electron chi connectivity index (χ2n) is 15.9. The summed E-state index contributed by atoms with van der Waals surface area (Å²) in [5, 5.41) is 19.6. The standard InChI is InChI=1S/C52H24N4O2/c57-51-37-21-17-33-34-18-22-38-46-36(50-54-40-14-6-10-28-24-26-8-2-4-12-30(26)48(42(28)40)56(50)52(38)58)20-16-32(44(34)46)31-15-19-35(45(37)43(31)33)49-53-39-13-5-9-27-23-25-7-1-3-11-29(25)47(41(27)39)55(49)51/h1-24H. The van der Waals surface area contributed by atoms with E-state index in [9.17, 15) is 0 Å². The number of aromatic nitrogens is 4. The van der Waals surface area contributed by atoms with Gasteiger partial charge in [-0.25, -0.2) is 9.97 Å². The predicted octanol–water partition coefficient (Wildman–Crippen LogP) is 11.9. The Kier molecular flexibility index (Phi) is 4.91. The summed E-state index contributed by atoms with van der Waals surface area (Å²) in [7, 11) is 0. The van der Waals surface area contributed by atoms with E-state index in [-0.39, 0.29) is 11.1 Å². The summed E-state index contributed by atoms with van der Waals surface area (Å²) < 4.78 is 3.70. The lowest BCUT2D eigenvalue weighted by Gasteiger charge is -2.20. The minimum absolute atomic E-state index is 0.0815. The highest BCUT2D eigenvalue weighted by Crippen LogP contribution is 2.46. The molecule has 0 saturated carbocycles. The van der Waals surface area contributed by atoms with Gasteiger partial charge >= 0.3 is 0 Å². The van der Waals surface area contributed by atoms with Gasteiger partial charge < -0.3 is 0 Å². The zero-order valence-corrected chi connectivity index (χ0v) is 30.5. The summed E-state index contributed by atoms with van der Waals surface area (Å²) in [6, 6.07) is 50.2. The molecular weight excluding hydrogens is 713 g/mol. The topological polar surface area (TPSA) is 68.7 Å². The first-order valence-electron chi connectivity index (χ1n) is 19.6. The van der Waals surface area contributed by atoms with Crippen LogP contribution in [0.15, 0.2) is 155 Å². The van der Waals surface area contributed by atoms with Gasteiger partial charge in [-0.2, -0.15) is 0 Å². The second-order valence-corrected chi connectivity index (χ2v) is 15.9. The molecule has 0 aliphatic carbocycles. The Hall–Kier alpha value is -7.96. The minimum atomic E-state index is -0.0815. The molecule has 0 aliphatic rings. The highest BCUT2D eigenvalue weighted by molar-refractivity contribution is 6.41. The van der Waals surface area contributed by atoms with E-state index in [0.29, 0.717) is 22.1 Å². The van der Waals surface area contributed by atoms with E-state index in [1.54, 1.807) is 0 Å². The van der Waals surface area contributed by atoms with E-state index < -0.39 is 0 Å². The molecule has 0 spiro atoms. The molecule has 15 rings (SSSR count). The molecule has 15 aromatic rings. The first-order chi connectivity index (χ1) is 28.6. The summed E-state index contributed by atoms with van der Waals surface area (Å²) in [6.07, 6.45) is 0. The number of fused-ring (bicyclic) bond motifs is 12. The van der Waals surface area contributed by atoms with Gasteiger partial charge in [0.15, 0.2) is 0 Å². The SMILES string of the molecule is O=c1c2ccc3c4ccc5c(=O)n6c(nc7cccc8cc9ccccc9c6c87)c6ccc(c7ccc(c2c37)c2nc3cccc7cc8ccccc8c(c73)n12)c4c56. The van der Waals surface area contributed by atoms with Gasteiger partial charge in [0.05, 0.1) is 22.1 Å². The first kappa shape index (κ1) is 29.3. The molecular formula is C52H24N4O2. The fourth-order valence-corrected chi connectivity index (χ4v) is 11.0. The van der Waals surface area contributed by atoms with Crippen LogP contribution in [0.1, 0.15) is 0 Å². The Morgan fingerprint density at radius 2 is 0.672 bits per heavy atom. The van der Waals surface area contributed by atoms with Crippen LogP contribution < -0.4 is 11.1 Å². The first-order valence-corrected chi connectivity index (χ1v) is 19.6. The fraction of sp³-hybridized carbons (Fsp3) is 0. The Labute approximate surface area is 325 Å². The van der Waals surface area contributed by atoms with Crippen molar-refractivity contribution in [3.8, 4) is 0 Å². The molecule has 0 amide bonds. The Morgan fingerprint density at radius 1 is 0.310 bits per heavy atom. The van der Waals surface area contributed by atoms with Gasteiger partial charge in [0, 0.05) is 53.9 Å². The van der Waals surface area contributed by atoms with Gasteiger partial charge in [-0.1, -0.05) is 97.1 Å². The second kappa shape index (κ2) is 9.70. The smallest absolute Gasteiger partial charge is 0.264 e. The summed E-state index contributed by atoms with van der Waals surface area (Å²) in [6.45, 7) is 0. The van der Waals surface area contributed by atoms with Crippen molar-refractivity contribution in [2.24, 2.45) is 0 Å². The van der Waals surface area contributed by atoms with Gasteiger partial charge in [-0.15, -0.1) is 0 Å². The van der Waals surface area contributed by atoms with Gasteiger partial charge in [0.25, 0.3) is 11.1 Å². The maximum absolute atomic E-state index is 15.0. The molecule has 4 aromatic heterocycles. The highest BCUT2D eigenvalue weighted by atomic mass is 16.1. The van der Waals surface area contributed by atoms with Crippen molar-refractivity contribution in [2.75, 3.05) is 0 Å². The third-order valence-electron chi connectivity index (χ3n) is 13.3. The number of nitrogens with zero attached hydrogens (tertiary/aromatic N) is 4. The third-order valence-corrected chi connectivity index (χ3v) is 13.3. The van der Waals surface area contributed by atoms with E-state index in [1.165, 1.54) is 0 Å². The molecule has 4 heterocycles. The van der Waals surface area contributed by atoms with E-state index in [4.69, 9.17) is 9.97 Å². The van der Waals surface area contributed by atoms with Crippen LogP contribution in [-0.2, 0) is 0 Å². The third kappa shape index (κ3) is 3.21. The molecule has 11 aromatic carbocycles. The zero-order chi connectivity index (χ0) is 37.7. The Morgan fingerprint density at radius 3 is 1.12 bits per heavy atom. The molecule has 0 saturated heterocycles. The molecule has 0 fully saturated rings. The number of benzene rings is 11. The molecule has 0 radical (unpaired) electrons. The molecule has 0 aliphatic heterocycles. The lowest BCUT2D eigenvalue weighted by Crippen LogP contribution is -2.17. The summed E-state index contributed by atoms with van der Waals surface area (Å²) >= 11 is 0. The summed E-state index contributed by atoms with van der Waals surface area (Å²) in [4.78, 5) is 40.6. The van der Waals surface area contributed by atoms with Gasteiger partial charge in [0.2, 0.25) is 0 Å². The molecule has 58 heavy (non-hydrogen) atoms. The number of hydrogen-bond acceptors (Lipinski definition) is 4. The van der Waals surface area contributed by atoms with Gasteiger partial charge in [-0.3, -0.25) is 18.4 Å². The Bertz CT molecular complexity index is 4230. The van der Waals surface area contributed by atoms with Gasteiger partial charge in [0.1, 0.15) is 11.3 Å². The molecule has 0 bridgehead atoms.